The summed E-state index contributed by atoms with van der Waals surface area (Å²) in [6.45, 7) is 0.642. The molecule has 1 unspecified atom stereocenters. The molecule has 2 aliphatic carbocycles. The van der Waals surface area contributed by atoms with Crippen molar-refractivity contribution in [1.82, 2.24) is 20.1 Å². The van der Waals surface area contributed by atoms with Crippen LogP contribution < -0.4 is 5.32 Å². The lowest BCUT2D eigenvalue weighted by Crippen LogP contribution is -2.70. The number of non-ortho nitro benzene ring substituents is 1. The number of aliphatic hydroxyl groups is 1. The molecule has 2 N–H and O–H groups in total. The number of nitrogens with one attached hydrogen (secondary N) is 1. The Labute approximate surface area is 267 Å². The molecule has 2 fully saturated rings. The molecule has 0 radical (unpaired) electrons. The second kappa shape index (κ2) is 14.2. The third-order valence-electron chi connectivity index (χ3n) is 7.21. The number of carbonyl (C=O) groups is 4. The second-order valence-corrected chi connectivity index (χ2v) is 11.6. The van der Waals surface area contributed by atoms with Gasteiger partial charge in [0.1, 0.15) is 24.8 Å². The summed E-state index contributed by atoms with van der Waals surface area (Å²) in [5.41, 5.74) is 3.98. The summed E-state index contributed by atoms with van der Waals surface area (Å²) in [7, 11) is 0. The third kappa shape index (κ3) is 7.50. The highest BCUT2D eigenvalue weighted by molar-refractivity contribution is 8.01. The standard InChI is InChI=1S/C25H26N6O8S.C6H4/c1-16(33)27-20-21(34)29(15-32)22(20)40-23(24(35)39-14-18-7-9-19(10-8-18)31(37)38)28-11-12-30(25(28)36)26-13-17-5-3-2-4-6-17;1-2-5-4-6(5)3-1/h2-10,13,20,22-23,32H,11-12,14-15H2,1H3,(H,27,33);1-4H/t20-,22-,23?;/m1./s1. The lowest BCUT2D eigenvalue weighted by molar-refractivity contribution is -0.384. The average molecular weight is 647 g/mol. The van der Waals surface area contributed by atoms with E-state index < -0.39 is 52.3 Å². The van der Waals surface area contributed by atoms with Crippen LogP contribution in [0.2, 0.25) is 0 Å². The summed E-state index contributed by atoms with van der Waals surface area (Å²) in [6, 6.07) is 21.5. The van der Waals surface area contributed by atoms with Gasteiger partial charge in [0.25, 0.3) is 11.6 Å². The molecule has 0 spiro atoms. The summed E-state index contributed by atoms with van der Waals surface area (Å²) >= 11 is 0.878. The zero-order valence-electron chi connectivity index (χ0n) is 24.6. The molecule has 46 heavy (non-hydrogen) atoms. The van der Waals surface area contributed by atoms with Gasteiger partial charge >= 0.3 is 12.0 Å². The fourth-order valence-electron chi connectivity index (χ4n) is 4.72. The molecule has 6 rings (SSSR count). The van der Waals surface area contributed by atoms with E-state index >= 15 is 0 Å². The zero-order chi connectivity index (χ0) is 32.8. The number of nitro benzene ring substituents is 1. The Morgan fingerprint density at radius 1 is 1.09 bits per heavy atom. The number of ether oxygens (including phenoxy) is 1. The summed E-state index contributed by atoms with van der Waals surface area (Å²) in [4.78, 5) is 63.3. The Bertz CT molecular complexity index is 1640. The van der Waals surface area contributed by atoms with Gasteiger partial charge in [-0.1, -0.05) is 60.3 Å². The third-order valence-corrected chi connectivity index (χ3v) is 8.72. The number of carbonyl (C=O) groups excluding carboxylic acids is 4. The Kier molecular flexibility index (Phi) is 9.93. The Morgan fingerprint density at radius 3 is 2.35 bits per heavy atom. The average Bonchev–Trinajstić information content (AvgIpc) is 3.48. The molecule has 2 saturated heterocycles. The summed E-state index contributed by atoms with van der Waals surface area (Å²) in [6.07, 6.45) is 1.52. The molecule has 0 saturated carbocycles. The van der Waals surface area contributed by atoms with Crippen molar-refractivity contribution in [2.75, 3.05) is 19.8 Å². The van der Waals surface area contributed by atoms with Gasteiger partial charge in [-0.25, -0.2) is 14.6 Å². The molecular weight excluding hydrogens is 616 g/mol. The number of hydrogen-bond acceptors (Lipinski definition) is 10. The van der Waals surface area contributed by atoms with E-state index in [2.05, 4.69) is 34.7 Å². The number of hydrogen-bond donors (Lipinski definition) is 2. The highest BCUT2D eigenvalue weighted by Crippen LogP contribution is 2.36. The fraction of sp³-hybridized carbons (Fsp3) is 0.258. The normalized spacial score (nSPS) is 18.4. The molecule has 14 nitrogen and oxygen atoms in total. The van der Waals surface area contributed by atoms with E-state index in [1.807, 2.05) is 30.3 Å². The first-order valence-electron chi connectivity index (χ1n) is 14.2. The second-order valence-electron chi connectivity index (χ2n) is 10.4. The first-order valence-corrected chi connectivity index (χ1v) is 15.1. The van der Waals surface area contributed by atoms with Crippen molar-refractivity contribution in [2.24, 2.45) is 5.10 Å². The molecule has 4 amide bonds. The summed E-state index contributed by atoms with van der Waals surface area (Å²) in [5.74, 6) is -1.82. The minimum Gasteiger partial charge on any atom is -0.459 e. The molecule has 2 aromatic carbocycles. The van der Waals surface area contributed by atoms with Crippen LogP contribution in [0.15, 0.2) is 84.0 Å². The van der Waals surface area contributed by atoms with Crippen molar-refractivity contribution < 1.29 is 33.9 Å². The molecular formula is C31H30N6O8S. The van der Waals surface area contributed by atoms with E-state index in [4.69, 9.17) is 4.74 Å². The number of urea groups is 1. The van der Waals surface area contributed by atoms with Crippen LogP contribution in [0.25, 0.3) is 11.1 Å². The van der Waals surface area contributed by atoms with Crippen molar-refractivity contribution >= 4 is 47.5 Å². The van der Waals surface area contributed by atoms with Gasteiger partial charge in [-0.2, -0.15) is 5.10 Å². The van der Waals surface area contributed by atoms with Crippen molar-refractivity contribution in [3.05, 3.63) is 100 Å². The number of rotatable bonds is 11. The first-order chi connectivity index (χ1) is 22.2. The van der Waals surface area contributed by atoms with Crippen LogP contribution in [-0.4, -0.2) is 91.5 Å². The molecule has 2 aromatic rings. The quantitative estimate of drug-likeness (QED) is 0.0816. The van der Waals surface area contributed by atoms with Crippen molar-refractivity contribution in [1.29, 1.82) is 0 Å². The molecule has 3 atom stereocenters. The van der Waals surface area contributed by atoms with Gasteiger partial charge in [-0.3, -0.25) is 24.6 Å². The molecule has 4 aliphatic rings. The number of likely N-dealkylation sites (tertiary alicyclic amines) is 1. The highest BCUT2D eigenvalue weighted by Gasteiger charge is 2.52. The number of esters is 1. The van der Waals surface area contributed by atoms with Crippen LogP contribution in [0.5, 0.6) is 0 Å². The number of nitrogens with zero attached hydrogens (tertiary/aromatic N) is 5. The van der Waals surface area contributed by atoms with Crippen LogP contribution in [0.4, 0.5) is 10.5 Å². The number of fused-ring (bicyclic) bond motifs is 1. The van der Waals surface area contributed by atoms with Gasteiger partial charge in [-0.05, 0) is 40.5 Å². The number of amides is 4. The van der Waals surface area contributed by atoms with Gasteiger partial charge in [0.05, 0.1) is 17.7 Å². The Hall–Kier alpha value is -5.28. The predicted molar refractivity (Wildman–Crippen MR) is 168 cm³/mol. The maximum absolute atomic E-state index is 13.3. The van der Waals surface area contributed by atoms with Crippen LogP contribution >= 0.6 is 11.8 Å². The zero-order valence-corrected chi connectivity index (χ0v) is 25.4. The molecule has 2 heterocycles. The number of benzene rings is 3. The molecule has 0 bridgehead atoms. The Morgan fingerprint density at radius 2 is 1.78 bits per heavy atom. The van der Waals surface area contributed by atoms with Crippen LogP contribution in [0.1, 0.15) is 18.1 Å². The fourth-order valence-corrected chi connectivity index (χ4v) is 6.17. The SMILES string of the molecule is CC(=O)N[C@@H]1C(=O)N(CO)[C@@H]1SC(C(=O)OCc1ccc([N+](=O)[O-])cc1)N1CCN(N=Cc2ccccc2)C1=O.c1cc2cc-2c1. The summed E-state index contributed by atoms with van der Waals surface area (Å²) in [5, 5.41) is 26.4. The van der Waals surface area contributed by atoms with Crippen molar-refractivity contribution in [2.45, 2.75) is 30.3 Å². The number of thioether (sulfide) groups is 1. The number of hydrazone groups is 1. The van der Waals surface area contributed by atoms with Crippen LogP contribution in [0.3, 0.4) is 0 Å². The van der Waals surface area contributed by atoms with Crippen molar-refractivity contribution in [3.8, 4) is 11.1 Å². The van der Waals surface area contributed by atoms with Gasteiger partial charge in [0, 0.05) is 25.6 Å². The lowest BCUT2D eigenvalue weighted by atomic mass is 10.1. The van der Waals surface area contributed by atoms with Crippen molar-refractivity contribution in [3.63, 3.8) is 0 Å². The summed E-state index contributed by atoms with van der Waals surface area (Å²) < 4.78 is 5.46. The first kappa shape index (κ1) is 32.1. The minimum atomic E-state index is -1.26. The van der Waals surface area contributed by atoms with E-state index in [1.54, 1.807) is 0 Å². The maximum Gasteiger partial charge on any atom is 0.341 e. The monoisotopic (exact) mass is 646 g/mol. The lowest BCUT2D eigenvalue weighted by Gasteiger charge is -2.46. The van der Waals surface area contributed by atoms with Gasteiger partial charge < -0.3 is 20.1 Å². The van der Waals surface area contributed by atoms with E-state index in [0.29, 0.717) is 5.56 Å². The van der Waals surface area contributed by atoms with E-state index in [1.165, 1.54) is 58.4 Å². The van der Waals surface area contributed by atoms with Gasteiger partial charge in [0.2, 0.25) is 5.91 Å². The molecule has 15 heteroatoms. The number of aliphatic hydroxyl groups excluding tert-OH is 1. The Balaban J connectivity index is 0.000000612. The largest absolute Gasteiger partial charge is 0.459 e. The van der Waals surface area contributed by atoms with Crippen LogP contribution in [0, 0.1) is 10.1 Å². The van der Waals surface area contributed by atoms with E-state index in [0.717, 1.165) is 22.2 Å². The van der Waals surface area contributed by atoms with Gasteiger partial charge in [-0.15, -0.1) is 0 Å². The number of nitro groups is 1. The highest BCUT2D eigenvalue weighted by atomic mass is 32.2. The molecule has 2 aliphatic heterocycles. The van der Waals surface area contributed by atoms with E-state index in [-0.39, 0.29) is 25.4 Å². The van der Waals surface area contributed by atoms with Gasteiger partial charge in [0.15, 0.2) is 5.37 Å². The topological polar surface area (TPSA) is 175 Å². The number of β-lactam (4-membered cyclic amide) rings is 1. The predicted octanol–water partition coefficient (Wildman–Crippen LogP) is 2.76. The van der Waals surface area contributed by atoms with Crippen LogP contribution in [-0.2, 0) is 25.7 Å². The molecule has 238 valence electrons. The minimum absolute atomic E-state index is 0.111. The van der Waals surface area contributed by atoms with E-state index in [9.17, 15) is 34.4 Å². The maximum atomic E-state index is 13.3. The smallest absolute Gasteiger partial charge is 0.341 e. The molecule has 0 aromatic heterocycles.